The lowest BCUT2D eigenvalue weighted by Gasteiger charge is -2.19. The van der Waals surface area contributed by atoms with E-state index in [0.29, 0.717) is 0 Å². The van der Waals surface area contributed by atoms with Crippen LogP contribution >= 0.6 is 11.8 Å². The summed E-state index contributed by atoms with van der Waals surface area (Å²) in [5.41, 5.74) is 0.748. The second-order valence-corrected chi connectivity index (χ2v) is 6.73. The number of urea groups is 1. The second kappa shape index (κ2) is 6.18. The SMILES string of the molecule is COc1cc(SC)ccc1NC(=O)N1C[C@H]2CCC[C@H]2C1. The van der Waals surface area contributed by atoms with E-state index >= 15 is 0 Å². The fourth-order valence-electron chi connectivity index (χ4n) is 3.50. The molecule has 0 unspecified atom stereocenters. The van der Waals surface area contributed by atoms with Gasteiger partial charge in [-0.15, -0.1) is 11.8 Å². The van der Waals surface area contributed by atoms with E-state index in [2.05, 4.69) is 5.32 Å². The standard InChI is InChI=1S/C16H22N2O2S/c1-20-15-8-13(21-2)6-7-14(15)17-16(19)18-9-11-4-3-5-12(11)10-18/h6-8,11-12H,3-5,9-10H2,1-2H3,(H,17,19)/t11-,12+. The highest BCUT2D eigenvalue weighted by molar-refractivity contribution is 7.98. The van der Waals surface area contributed by atoms with Crippen molar-refractivity contribution in [1.29, 1.82) is 0 Å². The highest BCUT2D eigenvalue weighted by Gasteiger charge is 2.38. The van der Waals surface area contributed by atoms with Crippen molar-refractivity contribution in [3.63, 3.8) is 0 Å². The van der Waals surface area contributed by atoms with Gasteiger partial charge >= 0.3 is 6.03 Å². The first kappa shape index (κ1) is 14.6. The van der Waals surface area contributed by atoms with E-state index in [9.17, 15) is 4.79 Å². The number of methoxy groups -OCH3 is 1. The molecule has 0 radical (unpaired) electrons. The van der Waals surface area contributed by atoms with Crippen LogP contribution in [0.25, 0.3) is 0 Å². The Hall–Kier alpha value is -1.36. The molecule has 1 aromatic carbocycles. The molecule has 2 fully saturated rings. The molecule has 0 aromatic heterocycles. The summed E-state index contributed by atoms with van der Waals surface area (Å²) in [5, 5.41) is 3.00. The molecule has 1 N–H and O–H groups in total. The molecule has 4 nitrogen and oxygen atoms in total. The first-order valence-corrected chi connectivity index (χ1v) is 8.71. The molecule has 1 saturated carbocycles. The molecular formula is C16H22N2O2S. The Labute approximate surface area is 130 Å². The van der Waals surface area contributed by atoms with Crippen molar-refractivity contribution in [2.45, 2.75) is 24.2 Å². The normalized spacial score (nSPS) is 24.0. The number of nitrogens with one attached hydrogen (secondary N) is 1. The van der Waals surface area contributed by atoms with Crippen LogP contribution in [0.4, 0.5) is 10.5 Å². The molecule has 0 spiro atoms. The highest BCUT2D eigenvalue weighted by atomic mass is 32.2. The van der Waals surface area contributed by atoms with E-state index in [-0.39, 0.29) is 6.03 Å². The van der Waals surface area contributed by atoms with E-state index in [0.717, 1.165) is 41.3 Å². The molecule has 1 saturated heterocycles. The van der Waals surface area contributed by atoms with Crippen LogP contribution in [0, 0.1) is 11.8 Å². The summed E-state index contributed by atoms with van der Waals surface area (Å²) in [6.07, 6.45) is 5.91. The Balaban J connectivity index is 1.67. The van der Waals surface area contributed by atoms with Crippen molar-refractivity contribution in [1.82, 2.24) is 4.90 Å². The zero-order valence-electron chi connectivity index (χ0n) is 12.6. The van der Waals surface area contributed by atoms with Gasteiger partial charge in [-0.25, -0.2) is 4.79 Å². The lowest BCUT2D eigenvalue weighted by Crippen LogP contribution is -2.33. The molecule has 21 heavy (non-hydrogen) atoms. The van der Waals surface area contributed by atoms with Gasteiger partial charge in [0.05, 0.1) is 12.8 Å². The molecule has 1 aromatic rings. The van der Waals surface area contributed by atoms with E-state index in [1.54, 1.807) is 18.9 Å². The third kappa shape index (κ3) is 2.98. The van der Waals surface area contributed by atoms with Crippen LogP contribution in [0.15, 0.2) is 23.1 Å². The number of likely N-dealkylation sites (tertiary alicyclic amines) is 1. The molecule has 2 amide bonds. The lowest BCUT2D eigenvalue weighted by molar-refractivity contribution is 0.218. The largest absolute Gasteiger partial charge is 0.495 e. The Kier molecular flexibility index (Phi) is 4.29. The van der Waals surface area contributed by atoms with Gasteiger partial charge in [0, 0.05) is 18.0 Å². The van der Waals surface area contributed by atoms with Crippen molar-refractivity contribution in [3.05, 3.63) is 18.2 Å². The second-order valence-electron chi connectivity index (χ2n) is 5.85. The number of hydrogen-bond acceptors (Lipinski definition) is 3. The van der Waals surface area contributed by atoms with Gasteiger partial charge in [0.15, 0.2) is 0 Å². The third-order valence-electron chi connectivity index (χ3n) is 4.66. The van der Waals surface area contributed by atoms with E-state index in [1.807, 2.05) is 29.4 Å². The number of thioether (sulfide) groups is 1. The average Bonchev–Trinajstić information content (AvgIpc) is 3.08. The molecule has 0 bridgehead atoms. The Morgan fingerprint density at radius 2 is 2.05 bits per heavy atom. The van der Waals surface area contributed by atoms with Crippen LogP contribution in [0.2, 0.25) is 0 Å². The number of nitrogens with zero attached hydrogens (tertiary/aromatic N) is 1. The first-order chi connectivity index (χ1) is 10.2. The summed E-state index contributed by atoms with van der Waals surface area (Å²) < 4.78 is 5.38. The fourth-order valence-corrected chi connectivity index (χ4v) is 3.93. The predicted octanol–water partition coefficient (Wildman–Crippen LogP) is 3.68. The minimum absolute atomic E-state index is 0.000369. The Morgan fingerprint density at radius 1 is 1.33 bits per heavy atom. The molecule has 1 aliphatic heterocycles. The quantitative estimate of drug-likeness (QED) is 0.866. The fraction of sp³-hybridized carbons (Fsp3) is 0.562. The van der Waals surface area contributed by atoms with Gasteiger partial charge in [-0.1, -0.05) is 6.42 Å². The molecular weight excluding hydrogens is 284 g/mol. The van der Waals surface area contributed by atoms with E-state index in [1.165, 1.54) is 19.3 Å². The topological polar surface area (TPSA) is 41.6 Å². The summed E-state index contributed by atoms with van der Waals surface area (Å²) in [6.45, 7) is 1.81. The van der Waals surface area contributed by atoms with Gasteiger partial charge in [-0.2, -0.15) is 0 Å². The van der Waals surface area contributed by atoms with Crippen molar-refractivity contribution in [2.24, 2.45) is 11.8 Å². The summed E-state index contributed by atoms with van der Waals surface area (Å²) >= 11 is 1.66. The highest BCUT2D eigenvalue weighted by Crippen LogP contribution is 2.38. The van der Waals surface area contributed by atoms with E-state index < -0.39 is 0 Å². The number of rotatable bonds is 3. The number of ether oxygens (including phenoxy) is 1. The van der Waals surface area contributed by atoms with Crippen molar-refractivity contribution in [3.8, 4) is 5.75 Å². The maximum atomic E-state index is 12.4. The number of hydrogen-bond donors (Lipinski definition) is 1. The Bertz CT molecular complexity index is 523. The number of carbonyl (C=O) groups is 1. The van der Waals surface area contributed by atoms with Crippen molar-refractivity contribution >= 4 is 23.5 Å². The molecule has 1 heterocycles. The van der Waals surface area contributed by atoms with Crippen LogP contribution in [-0.4, -0.2) is 37.4 Å². The zero-order chi connectivity index (χ0) is 14.8. The maximum Gasteiger partial charge on any atom is 0.321 e. The monoisotopic (exact) mass is 306 g/mol. The molecule has 2 aliphatic rings. The number of benzene rings is 1. The van der Waals surface area contributed by atoms with Crippen molar-refractivity contribution < 1.29 is 9.53 Å². The summed E-state index contributed by atoms with van der Waals surface area (Å²) in [5.74, 6) is 2.16. The van der Waals surface area contributed by atoms with Gasteiger partial charge in [0.25, 0.3) is 0 Å². The van der Waals surface area contributed by atoms with Crippen LogP contribution < -0.4 is 10.1 Å². The van der Waals surface area contributed by atoms with Gasteiger partial charge in [0.1, 0.15) is 5.75 Å². The lowest BCUT2D eigenvalue weighted by atomic mass is 10.0. The van der Waals surface area contributed by atoms with Gasteiger partial charge in [-0.3, -0.25) is 0 Å². The van der Waals surface area contributed by atoms with E-state index in [4.69, 9.17) is 4.74 Å². The summed E-state index contributed by atoms with van der Waals surface area (Å²) in [6, 6.07) is 5.87. The van der Waals surface area contributed by atoms with Crippen molar-refractivity contribution in [2.75, 3.05) is 31.8 Å². The smallest absolute Gasteiger partial charge is 0.321 e. The molecule has 3 rings (SSSR count). The van der Waals surface area contributed by atoms with Crippen LogP contribution in [-0.2, 0) is 0 Å². The number of anilines is 1. The number of amides is 2. The maximum absolute atomic E-state index is 12.4. The van der Waals surface area contributed by atoms with Gasteiger partial charge < -0.3 is 15.0 Å². The van der Waals surface area contributed by atoms with Gasteiger partial charge in [-0.05, 0) is 49.1 Å². The van der Waals surface area contributed by atoms with Gasteiger partial charge in [0.2, 0.25) is 0 Å². The van der Waals surface area contributed by atoms with Crippen LogP contribution in [0.1, 0.15) is 19.3 Å². The molecule has 2 atom stereocenters. The molecule has 1 aliphatic carbocycles. The zero-order valence-corrected chi connectivity index (χ0v) is 13.4. The minimum atomic E-state index is -0.000369. The molecule has 5 heteroatoms. The number of fused-ring (bicyclic) bond motifs is 1. The van der Waals surface area contributed by atoms with Crippen LogP contribution in [0.3, 0.4) is 0 Å². The predicted molar refractivity (Wildman–Crippen MR) is 86.2 cm³/mol. The Morgan fingerprint density at radius 3 is 2.67 bits per heavy atom. The minimum Gasteiger partial charge on any atom is -0.495 e. The summed E-state index contributed by atoms with van der Waals surface area (Å²) in [7, 11) is 1.63. The summed E-state index contributed by atoms with van der Waals surface area (Å²) in [4.78, 5) is 15.5. The first-order valence-electron chi connectivity index (χ1n) is 7.49. The third-order valence-corrected chi connectivity index (χ3v) is 5.39. The average molecular weight is 306 g/mol. The number of carbonyl (C=O) groups excluding carboxylic acids is 1. The molecule has 114 valence electrons. The van der Waals surface area contributed by atoms with Crippen LogP contribution in [0.5, 0.6) is 5.75 Å².